The van der Waals surface area contributed by atoms with Gasteiger partial charge < -0.3 is 0 Å². The van der Waals surface area contributed by atoms with E-state index in [1.54, 1.807) is 24.3 Å². The molecule has 0 unspecified atom stereocenters. The van der Waals surface area contributed by atoms with E-state index in [-0.39, 0.29) is 10.8 Å². The molecule has 0 aromatic heterocycles. The molecule has 96 valence electrons. The van der Waals surface area contributed by atoms with Crippen LogP contribution in [0.1, 0.15) is 5.56 Å². The highest BCUT2D eigenvalue weighted by Gasteiger charge is 2.62. The van der Waals surface area contributed by atoms with E-state index in [0.717, 1.165) is 5.39 Å². The molecule has 0 aliphatic rings. The second-order valence-electron chi connectivity index (χ2n) is 3.76. The quantitative estimate of drug-likeness (QED) is 0.444. The molecule has 0 fully saturated rings. The second kappa shape index (κ2) is 3.18. The number of rotatable bonds is 0. The normalized spacial score (nSPS) is 15.4. The Kier molecular flexibility index (Phi) is 2.24. The Bertz CT molecular complexity index is 676. The number of hydrogen-bond acceptors (Lipinski definition) is 0. The van der Waals surface area contributed by atoms with E-state index in [9.17, 15) is 19.4 Å². The van der Waals surface area contributed by atoms with Crippen molar-refractivity contribution in [3.8, 4) is 11.2 Å². The monoisotopic (exact) mass is 278 g/mol. The molecule has 0 N–H and O–H groups in total. The Labute approximate surface area is 100 Å². The summed E-state index contributed by atoms with van der Waals surface area (Å²) >= 11 is 0. The van der Waals surface area contributed by atoms with Crippen LogP contribution in [0.4, 0.5) is 19.4 Å². The highest BCUT2D eigenvalue weighted by molar-refractivity contribution is 8.49. The molecule has 0 atom stereocenters. The van der Waals surface area contributed by atoms with Gasteiger partial charge in [0.2, 0.25) is 0 Å². The summed E-state index contributed by atoms with van der Waals surface area (Å²) in [7, 11) is -9.66. The van der Waals surface area contributed by atoms with E-state index in [1.807, 2.05) is 0 Å². The van der Waals surface area contributed by atoms with Crippen LogP contribution in [0.5, 0.6) is 0 Å². The molecule has 2 aromatic rings. The van der Waals surface area contributed by atoms with Gasteiger partial charge in [0.15, 0.2) is 0 Å². The van der Waals surface area contributed by atoms with Crippen LogP contribution in [0.15, 0.2) is 42.5 Å². The predicted molar refractivity (Wildman–Crippen MR) is 64.0 cm³/mol. The Hall–Kier alpha value is -1.74. The average Bonchev–Trinajstić information content (AvgIpc) is 2.23. The third-order valence-corrected chi connectivity index (χ3v) is 2.63. The summed E-state index contributed by atoms with van der Waals surface area (Å²) in [5.41, 5.74) is -0.0954. The Morgan fingerprint density at radius 1 is 0.778 bits per heavy atom. The van der Waals surface area contributed by atoms with Gasteiger partial charge >= 0.3 is 10.2 Å². The van der Waals surface area contributed by atoms with Gasteiger partial charge in [-0.15, -0.1) is 0 Å². The first-order valence-corrected chi connectivity index (χ1v) is 6.74. The lowest BCUT2D eigenvalue weighted by Gasteiger charge is -2.33. The van der Waals surface area contributed by atoms with Gasteiger partial charge in [-0.3, -0.25) is 0 Å². The van der Waals surface area contributed by atoms with E-state index < -0.39 is 10.2 Å². The van der Waals surface area contributed by atoms with Crippen LogP contribution < -0.4 is 0 Å². The third kappa shape index (κ3) is 3.64. The standard InChI is InChI=1S/C12H7F5S/c13-18(14,15,16,17)8-7-10-5-6-11-3-1-2-4-12(11)9-10/h1-6,9H. The van der Waals surface area contributed by atoms with Crippen LogP contribution in [-0.2, 0) is 0 Å². The van der Waals surface area contributed by atoms with Gasteiger partial charge in [-0.25, -0.2) is 0 Å². The minimum absolute atomic E-state index is 0.0954. The van der Waals surface area contributed by atoms with Crippen molar-refractivity contribution in [2.24, 2.45) is 0 Å². The van der Waals surface area contributed by atoms with E-state index in [4.69, 9.17) is 0 Å². The number of halogens is 5. The van der Waals surface area contributed by atoms with Crippen LogP contribution in [0.3, 0.4) is 0 Å². The van der Waals surface area contributed by atoms with Gasteiger partial charge in [0, 0.05) is 5.56 Å². The molecule has 0 aliphatic heterocycles. The topological polar surface area (TPSA) is 0 Å². The summed E-state index contributed by atoms with van der Waals surface area (Å²) in [6.45, 7) is 0. The molecule has 0 nitrogen and oxygen atoms in total. The fraction of sp³-hybridized carbons (Fsp3) is 0. The van der Waals surface area contributed by atoms with E-state index in [2.05, 4.69) is 0 Å². The van der Waals surface area contributed by atoms with Crippen molar-refractivity contribution in [2.75, 3.05) is 0 Å². The second-order valence-corrected chi connectivity index (χ2v) is 5.90. The molecule has 0 heterocycles. The maximum atomic E-state index is 12.0. The smallest absolute Gasteiger partial charge is 0.0873 e. The predicted octanol–water partition coefficient (Wildman–Crippen LogP) is 5.45. The molecule has 0 amide bonds. The molecule has 0 spiro atoms. The van der Waals surface area contributed by atoms with Crippen molar-refractivity contribution in [3.63, 3.8) is 0 Å². The van der Waals surface area contributed by atoms with Crippen LogP contribution in [-0.4, -0.2) is 0 Å². The first kappa shape index (κ1) is 12.7. The molecular weight excluding hydrogens is 271 g/mol. The van der Waals surface area contributed by atoms with Gasteiger partial charge in [0.05, 0.1) is 5.25 Å². The summed E-state index contributed by atoms with van der Waals surface area (Å²) in [5, 5.41) is 1.64. The summed E-state index contributed by atoms with van der Waals surface area (Å²) in [5.74, 6) is 1.49. The Morgan fingerprint density at radius 3 is 2.00 bits per heavy atom. The molecule has 0 bridgehead atoms. The zero-order valence-corrected chi connectivity index (χ0v) is 9.66. The molecular formula is C12H7F5S. The zero-order chi connectivity index (χ0) is 13.5. The molecule has 2 aromatic carbocycles. The minimum Gasteiger partial charge on any atom is -0.0873 e. The fourth-order valence-electron chi connectivity index (χ4n) is 1.42. The van der Waals surface area contributed by atoms with Gasteiger partial charge in [-0.05, 0) is 28.8 Å². The van der Waals surface area contributed by atoms with Crippen LogP contribution >= 0.6 is 10.2 Å². The molecule has 0 aliphatic carbocycles. The highest BCUT2D eigenvalue weighted by Crippen LogP contribution is 2.97. The summed E-state index contributed by atoms with van der Waals surface area (Å²) < 4.78 is 60.2. The Morgan fingerprint density at radius 2 is 1.39 bits per heavy atom. The van der Waals surface area contributed by atoms with Crippen molar-refractivity contribution in [1.29, 1.82) is 0 Å². The van der Waals surface area contributed by atoms with Gasteiger partial charge in [0.1, 0.15) is 0 Å². The summed E-state index contributed by atoms with van der Waals surface area (Å²) in [4.78, 5) is 0. The SMILES string of the molecule is FS(F)(F)(F)(F)C#Cc1ccc2ccccc2c1. The lowest BCUT2D eigenvalue weighted by Crippen LogP contribution is -2.00. The third-order valence-electron chi connectivity index (χ3n) is 2.14. The van der Waals surface area contributed by atoms with E-state index in [1.165, 1.54) is 24.1 Å². The van der Waals surface area contributed by atoms with Crippen LogP contribution in [0.2, 0.25) is 0 Å². The first-order valence-electron chi connectivity index (χ1n) is 4.79. The maximum Gasteiger partial charge on any atom is 0.345 e. The molecule has 0 saturated carbocycles. The number of benzene rings is 2. The van der Waals surface area contributed by atoms with Gasteiger partial charge in [-0.2, -0.15) is 0 Å². The van der Waals surface area contributed by atoms with Crippen molar-refractivity contribution in [3.05, 3.63) is 48.0 Å². The fourth-order valence-corrected chi connectivity index (χ4v) is 1.73. The minimum atomic E-state index is -9.66. The number of hydrogen-bond donors (Lipinski definition) is 0. The molecule has 18 heavy (non-hydrogen) atoms. The lowest BCUT2D eigenvalue weighted by molar-refractivity contribution is 0.389. The van der Waals surface area contributed by atoms with E-state index >= 15 is 0 Å². The maximum absolute atomic E-state index is 12.0. The lowest BCUT2D eigenvalue weighted by atomic mass is 10.1. The molecule has 6 heteroatoms. The van der Waals surface area contributed by atoms with Crippen molar-refractivity contribution in [1.82, 2.24) is 0 Å². The van der Waals surface area contributed by atoms with Crippen LogP contribution in [0, 0.1) is 11.2 Å². The van der Waals surface area contributed by atoms with Gasteiger partial charge in [0.25, 0.3) is 0 Å². The number of fused-ring (bicyclic) bond motifs is 1. The van der Waals surface area contributed by atoms with Crippen molar-refractivity contribution < 1.29 is 19.4 Å². The Balaban J connectivity index is 2.50. The van der Waals surface area contributed by atoms with Crippen molar-refractivity contribution in [2.45, 2.75) is 0 Å². The average molecular weight is 278 g/mol. The molecule has 0 radical (unpaired) electrons. The van der Waals surface area contributed by atoms with Crippen LogP contribution in [0.25, 0.3) is 10.8 Å². The van der Waals surface area contributed by atoms with Crippen molar-refractivity contribution >= 4 is 21.0 Å². The summed E-state index contributed by atoms with van der Waals surface area (Å²) in [6.07, 6.45) is 0. The summed E-state index contributed by atoms with van der Waals surface area (Å²) in [6, 6.07) is 11.0. The first-order chi connectivity index (χ1) is 8.02. The molecule has 0 saturated heterocycles. The largest absolute Gasteiger partial charge is 0.345 e. The molecule has 2 rings (SSSR count). The van der Waals surface area contributed by atoms with Gasteiger partial charge in [-0.1, -0.05) is 49.8 Å². The van der Waals surface area contributed by atoms with E-state index in [0.29, 0.717) is 5.39 Å². The highest BCUT2D eigenvalue weighted by atomic mass is 32.5. The zero-order valence-electron chi connectivity index (χ0n) is 8.84.